The Bertz CT molecular complexity index is 769. The standard InChI is InChI=1S/C22H28N2O3/c1-16(2)18-9-11-20(12-10-18)23-22(26)15-24(17(3)25)14-13-19-7-5-6-8-21(19)27-4/h5-12,16H,13-15H2,1-4H3,(H,23,26). The van der Waals surface area contributed by atoms with Crippen molar-refractivity contribution in [2.75, 3.05) is 25.5 Å². The normalized spacial score (nSPS) is 10.6. The third kappa shape index (κ3) is 6.13. The Morgan fingerprint density at radius 3 is 2.33 bits per heavy atom. The molecule has 2 rings (SSSR count). The molecular formula is C22H28N2O3. The van der Waals surface area contributed by atoms with Crippen molar-refractivity contribution in [3.8, 4) is 5.75 Å². The zero-order chi connectivity index (χ0) is 19.8. The van der Waals surface area contributed by atoms with E-state index in [4.69, 9.17) is 4.74 Å². The van der Waals surface area contributed by atoms with E-state index in [-0.39, 0.29) is 18.4 Å². The third-order valence-electron chi connectivity index (χ3n) is 4.48. The second-order valence-electron chi connectivity index (χ2n) is 6.83. The highest BCUT2D eigenvalue weighted by Crippen LogP contribution is 2.19. The van der Waals surface area contributed by atoms with E-state index in [0.717, 1.165) is 17.0 Å². The van der Waals surface area contributed by atoms with Crippen molar-refractivity contribution in [2.45, 2.75) is 33.1 Å². The molecule has 144 valence electrons. The highest BCUT2D eigenvalue weighted by molar-refractivity contribution is 5.94. The van der Waals surface area contributed by atoms with Crippen LogP contribution in [0.4, 0.5) is 5.69 Å². The lowest BCUT2D eigenvalue weighted by Gasteiger charge is -2.21. The number of hydrogen-bond donors (Lipinski definition) is 1. The predicted octanol–water partition coefficient (Wildman–Crippen LogP) is 3.85. The molecule has 5 nitrogen and oxygen atoms in total. The van der Waals surface area contributed by atoms with Gasteiger partial charge in [0.05, 0.1) is 13.7 Å². The lowest BCUT2D eigenvalue weighted by Crippen LogP contribution is -2.38. The molecule has 0 aliphatic heterocycles. The van der Waals surface area contributed by atoms with E-state index >= 15 is 0 Å². The number of methoxy groups -OCH3 is 1. The Hall–Kier alpha value is -2.82. The number of rotatable bonds is 8. The molecule has 27 heavy (non-hydrogen) atoms. The van der Waals surface area contributed by atoms with Crippen LogP contribution in [0, 0.1) is 0 Å². The van der Waals surface area contributed by atoms with Crippen molar-refractivity contribution in [3.05, 3.63) is 59.7 Å². The number of nitrogens with zero attached hydrogens (tertiary/aromatic N) is 1. The smallest absolute Gasteiger partial charge is 0.243 e. The van der Waals surface area contributed by atoms with Gasteiger partial charge >= 0.3 is 0 Å². The van der Waals surface area contributed by atoms with E-state index in [9.17, 15) is 9.59 Å². The van der Waals surface area contributed by atoms with Crippen LogP contribution >= 0.6 is 0 Å². The van der Waals surface area contributed by atoms with E-state index < -0.39 is 0 Å². The average Bonchev–Trinajstić information content (AvgIpc) is 2.65. The van der Waals surface area contributed by atoms with Gasteiger partial charge in [-0.25, -0.2) is 0 Å². The Balaban J connectivity index is 1.94. The van der Waals surface area contributed by atoms with Crippen molar-refractivity contribution in [1.29, 1.82) is 0 Å². The van der Waals surface area contributed by atoms with Crippen molar-refractivity contribution in [2.24, 2.45) is 0 Å². The molecule has 0 fully saturated rings. The minimum absolute atomic E-state index is 0.0242. The van der Waals surface area contributed by atoms with E-state index in [1.807, 2.05) is 48.5 Å². The topological polar surface area (TPSA) is 58.6 Å². The molecule has 0 saturated carbocycles. The summed E-state index contributed by atoms with van der Waals surface area (Å²) in [4.78, 5) is 25.8. The number of benzene rings is 2. The van der Waals surface area contributed by atoms with Gasteiger partial charge in [0, 0.05) is 19.2 Å². The van der Waals surface area contributed by atoms with Gasteiger partial charge in [-0.2, -0.15) is 0 Å². The van der Waals surface area contributed by atoms with Crippen LogP contribution in [0.25, 0.3) is 0 Å². The zero-order valence-corrected chi connectivity index (χ0v) is 16.5. The van der Waals surface area contributed by atoms with Gasteiger partial charge in [-0.3, -0.25) is 9.59 Å². The molecule has 0 saturated heterocycles. The van der Waals surface area contributed by atoms with Crippen molar-refractivity contribution in [1.82, 2.24) is 4.90 Å². The van der Waals surface area contributed by atoms with Crippen molar-refractivity contribution < 1.29 is 14.3 Å². The van der Waals surface area contributed by atoms with Crippen LogP contribution in [-0.4, -0.2) is 36.9 Å². The first kappa shape index (κ1) is 20.5. The fourth-order valence-electron chi connectivity index (χ4n) is 2.84. The second-order valence-corrected chi connectivity index (χ2v) is 6.83. The quantitative estimate of drug-likeness (QED) is 0.770. The van der Waals surface area contributed by atoms with Gasteiger partial charge in [-0.1, -0.05) is 44.2 Å². The zero-order valence-electron chi connectivity index (χ0n) is 16.5. The van der Waals surface area contributed by atoms with E-state index in [1.165, 1.54) is 12.5 Å². The van der Waals surface area contributed by atoms with Gasteiger partial charge in [0.15, 0.2) is 0 Å². The van der Waals surface area contributed by atoms with Crippen LogP contribution in [0.3, 0.4) is 0 Å². The molecule has 0 radical (unpaired) electrons. The van der Waals surface area contributed by atoms with Crippen LogP contribution in [0.2, 0.25) is 0 Å². The van der Waals surface area contributed by atoms with E-state index in [0.29, 0.717) is 18.9 Å². The summed E-state index contributed by atoms with van der Waals surface area (Å²) in [5.41, 5.74) is 2.96. The maximum atomic E-state index is 12.4. The fourth-order valence-corrected chi connectivity index (χ4v) is 2.84. The van der Waals surface area contributed by atoms with Crippen molar-refractivity contribution >= 4 is 17.5 Å². The summed E-state index contributed by atoms with van der Waals surface area (Å²) in [6.45, 7) is 6.21. The van der Waals surface area contributed by atoms with Crippen LogP contribution in [0.15, 0.2) is 48.5 Å². The molecular weight excluding hydrogens is 340 g/mol. The highest BCUT2D eigenvalue weighted by atomic mass is 16.5. The minimum Gasteiger partial charge on any atom is -0.496 e. The Morgan fingerprint density at radius 1 is 1.07 bits per heavy atom. The number of ether oxygens (including phenoxy) is 1. The van der Waals surface area contributed by atoms with Gasteiger partial charge in [-0.15, -0.1) is 0 Å². The summed E-state index contributed by atoms with van der Waals surface area (Å²) in [5, 5.41) is 2.86. The summed E-state index contributed by atoms with van der Waals surface area (Å²) in [7, 11) is 1.62. The maximum Gasteiger partial charge on any atom is 0.243 e. The molecule has 0 atom stereocenters. The molecule has 0 unspecified atom stereocenters. The molecule has 1 N–H and O–H groups in total. The molecule has 0 bridgehead atoms. The molecule has 2 amide bonds. The van der Waals surface area contributed by atoms with Crippen molar-refractivity contribution in [3.63, 3.8) is 0 Å². The van der Waals surface area contributed by atoms with Gasteiger partial charge in [0.2, 0.25) is 11.8 Å². The summed E-state index contributed by atoms with van der Waals surface area (Å²) in [5.74, 6) is 0.895. The fraction of sp³-hybridized carbons (Fsp3) is 0.364. The SMILES string of the molecule is COc1ccccc1CCN(CC(=O)Nc1ccc(C(C)C)cc1)C(C)=O. The lowest BCUT2D eigenvalue weighted by atomic mass is 10.0. The number of anilines is 1. The van der Waals surface area contributed by atoms with Crippen LogP contribution < -0.4 is 10.1 Å². The minimum atomic E-state index is -0.206. The molecule has 0 aliphatic rings. The number of para-hydroxylation sites is 1. The highest BCUT2D eigenvalue weighted by Gasteiger charge is 2.15. The van der Waals surface area contributed by atoms with Crippen LogP contribution in [0.1, 0.15) is 37.8 Å². The molecule has 0 heterocycles. The number of nitrogens with one attached hydrogen (secondary N) is 1. The largest absolute Gasteiger partial charge is 0.496 e. The number of carbonyl (C=O) groups is 2. The lowest BCUT2D eigenvalue weighted by molar-refractivity contribution is -0.132. The van der Waals surface area contributed by atoms with E-state index in [1.54, 1.807) is 12.0 Å². The second kappa shape index (κ2) is 9.76. The Kier molecular flexibility index (Phi) is 7.41. The number of carbonyl (C=O) groups excluding carboxylic acids is 2. The molecule has 5 heteroatoms. The maximum absolute atomic E-state index is 12.4. The molecule has 2 aromatic rings. The Labute approximate surface area is 161 Å². The van der Waals surface area contributed by atoms with Gasteiger partial charge < -0.3 is 15.0 Å². The first-order chi connectivity index (χ1) is 12.9. The summed E-state index contributed by atoms with van der Waals surface area (Å²) in [6.07, 6.45) is 0.625. The molecule has 0 spiro atoms. The molecule has 2 aromatic carbocycles. The van der Waals surface area contributed by atoms with Gasteiger partial charge in [-0.05, 0) is 41.7 Å². The van der Waals surface area contributed by atoms with Gasteiger partial charge in [0.1, 0.15) is 5.75 Å². The first-order valence-corrected chi connectivity index (χ1v) is 9.18. The summed E-state index contributed by atoms with van der Waals surface area (Å²) < 4.78 is 5.34. The monoisotopic (exact) mass is 368 g/mol. The summed E-state index contributed by atoms with van der Waals surface area (Å²) >= 11 is 0. The van der Waals surface area contributed by atoms with E-state index in [2.05, 4.69) is 19.2 Å². The average molecular weight is 368 g/mol. The van der Waals surface area contributed by atoms with Gasteiger partial charge in [0.25, 0.3) is 0 Å². The molecule has 0 aliphatic carbocycles. The predicted molar refractivity (Wildman–Crippen MR) is 108 cm³/mol. The third-order valence-corrected chi connectivity index (χ3v) is 4.48. The first-order valence-electron chi connectivity index (χ1n) is 9.18. The summed E-state index contributed by atoms with van der Waals surface area (Å²) in [6, 6.07) is 15.5. The Morgan fingerprint density at radius 2 is 1.74 bits per heavy atom. The van der Waals surface area contributed by atoms with Crippen LogP contribution in [0.5, 0.6) is 5.75 Å². The molecule has 0 aromatic heterocycles. The number of amides is 2. The number of hydrogen-bond acceptors (Lipinski definition) is 3. The van der Waals surface area contributed by atoms with Crippen LogP contribution in [-0.2, 0) is 16.0 Å².